The first kappa shape index (κ1) is 12.6. The van der Waals surface area contributed by atoms with E-state index in [4.69, 9.17) is 5.73 Å². The van der Waals surface area contributed by atoms with Crippen molar-refractivity contribution in [2.75, 3.05) is 0 Å². The van der Waals surface area contributed by atoms with E-state index < -0.39 is 0 Å². The number of hydrogen-bond acceptors (Lipinski definition) is 3. The van der Waals surface area contributed by atoms with Gasteiger partial charge in [0, 0.05) is 31.2 Å². The minimum absolute atomic E-state index is 0.0550. The van der Waals surface area contributed by atoms with Crippen molar-refractivity contribution in [2.45, 2.75) is 6.54 Å². The largest absolute Gasteiger partial charge is 0.326 e. The Kier molecular flexibility index (Phi) is 3.08. The molecule has 0 unspecified atom stereocenters. The number of aryl methyl sites for hydroxylation is 1. The molecule has 3 aromatic rings. The van der Waals surface area contributed by atoms with E-state index in [0.717, 1.165) is 22.1 Å². The molecule has 100 valence electrons. The van der Waals surface area contributed by atoms with Gasteiger partial charge in [-0.15, -0.1) is 0 Å². The molecule has 0 aliphatic carbocycles. The third-order valence-electron chi connectivity index (χ3n) is 3.51. The zero-order valence-electron chi connectivity index (χ0n) is 11.2. The van der Waals surface area contributed by atoms with Crippen molar-refractivity contribution in [3.8, 4) is 11.1 Å². The number of benzene rings is 1. The maximum absolute atomic E-state index is 11.7. The van der Waals surface area contributed by atoms with Crippen LogP contribution in [0.25, 0.3) is 22.2 Å². The molecule has 0 fully saturated rings. The number of rotatable bonds is 2. The van der Waals surface area contributed by atoms with E-state index in [1.54, 1.807) is 23.9 Å². The SMILES string of the molecule is Cn1c(=O)ccc2c(-c3ccc(CN)cc3)ccnc21. The van der Waals surface area contributed by atoms with Gasteiger partial charge in [0.2, 0.25) is 0 Å². The van der Waals surface area contributed by atoms with E-state index in [-0.39, 0.29) is 5.56 Å². The molecule has 0 atom stereocenters. The van der Waals surface area contributed by atoms with Crippen molar-refractivity contribution in [1.29, 1.82) is 0 Å². The first-order valence-corrected chi connectivity index (χ1v) is 6.45. The molecule has 1 aromatic carbocycles. The predicted octanol–water partition coefficient (Wildman–Crippen LogP) is 2.06. The predicted molar refractivity (Wildman–Crippen MR) is 80.3 cm³/mol. The summed E-state index contributed by atoms with van der Waals surface area (Å²) in [6, 6.07) is 13.5. The maximum atomic E-state index is 11.7. The van der Waals surface area contributed by atoms with Crippen LogP contribution in [0.2, 0.25) is 0 Å². The van der Waals surface area contributed by atoms with E-state index >= 15 is 0 Å². The van der Waals surface area contributed by atoms with Gasteiger partial charge in [0.05, 0.1) is 0 Å². The highest BCUT2D eigenvalue weighted by atomic mass is 16.1. The summed E-state index contributed by atoms with van der Waals surface area (Å²) in [5.41, 5.74) is 9.51. The molecule has 4 heteroatoms. The minimum atomic E-state index is -0.0550. The molecule has 0 radical (unpaired) electrons. The first-order valence-electron chi connectivity index (χ1n) is 6.45. The van der Waals surface area contributed by atoms with Crippen molar-refractivity contribution < 1.29 is 0 Å². The van der Waals surface area contributed by atoms with Gasteiger partial charge in [-0.25, -0.2) is 4.98 Å². The lowest BCUT2D eigenvalue weighted by molar-refractivity contribution is 0.888. The number of nitrogens with zero attached hydrogens (tertiary/aromatic N) is 2. The van der Waals surface area contributed by atoms with E-state index in [9.17, 15) is 4.79 Å². The molecule has 0 aliphatic heterocycles. The summed E-state index contributed by atoms with van der Waals surface area (Å²) >= 11 is 0. The second-order valence-corrected chi connectivity index (χ2v) is 4.73. The van der Waals surface area contributed by atoms with E-state index in [1.165, 1.54) is 0 Å². The van der Waals surface area contributed by atoms with Gasteiger partial charge < -0.3 is 5.73 Å². The highest BCUT2D eigenvalue weighted by Crippen LogP contribution is 2.26. The second kappa shape index (κ2) is 4.90. The van der Waals surface area contributed by atoms with Crippen molar-refractivity contribution >= 4 is 11.0 Å². The first-order chi connectivity index (χ1) is 9.70. The van der Waals surface area contributed by atoms with Crippen molar-refractivity contribution in [1.82, 2.24) is 9.55 Å². The summed E-state index contributed by atoms with van der Waals surface area (Å²) in [6.07, 6.45) is 1.73. The molecule has 4 nitrogen and oxygen atoms in total. The average Bonchev–Trinajstić information content (AvgIpc) is 2.51. The van der Waals surface area contributed by atoms with Crippen LogP contribution in [0.15, 0.2) is 53.5 Å². The summed E-state index contributed by atoms with van der Waals surface area (Å²) in [6.45, 7) is 0.534. The summed E-state index contributed by atoms with van der Waals surface area (Å²) in [7, 11) is 1.74. The molecule has 20 heavy (non-hydrogen) atoms. The Bertz CT molecular complexity index is 819. The Morgan fingerprint density at radius 2 is 1.85 bits per heavy atom. The molecule has 0 amide bonds. The zero-order chi connectivity index (χ0) is 14.1. The van der Waals surface area contributed by atoms with Gasteiger partial charge in [-0.1, -0.05) is 24.3 Å². The lowest BCUT2D eigenvalue weighted by Crippen LogP contribution is -2.16. The van der Waals surface area contributed by atoms with Gasteiger partial charge in [0.15, 0.2) is 0 Å². The van der Waals surface area contributed by atoms with Crippen LogP contribution in [0.4, 0.5) is 0 Å². The van der Waals surface area contributed by atoms with Gasteiger partial charge in [-0.2, -0.15) is 0 Å². The highest BCUT2D eigenvalue weighted by Gasteiger charge is 2.07. The molecule has 0 saturated carbocycles. The monoisotopic (exact) mass is 265 g/mol. The highest BCUT2D eigenvalue weighted by molar-refractivity contribution is 5.92. The molecule has 0 spiro atoms. The van der Waals surface area contributed by atoms with Crippen LogP contribution in [0.5, 0.6) is 0 Å². The summed E-state index contributed by atoms with van der Waals surface area (Å²) in [5, 5.41) is 0.968. The summed E-state index contributed by atoms with van der Waals surface area (Å²) < 4.78 is 1.56. The minimum Gasteiger partial charge on any atom is -0.326 e. The topological polar surface area (TPSA) is 60.9 Å². The zero-order valence-corrected chi connectivity index (χ0v) is 11.2. The van der Waals surface area contributed by atoms with Crippen LogP contribution < -0.4 is 11.3 Å². The van der Waals surface area contributed by atoms with Gasteiger partial charge in [-0.05, 0) is 28.8 Å². The second-order valence-electron chi connectivity index (χ2n) is 4.73. The average molecular weight is 265 g/mol. The van der Waals surface area contributed by atoms with Gasteiger partial charge >= 0.3 is 0 Å². The number of aromatic nitrogens is 2. The number of fused-ring (bicyclic) bond motifs is 1. The fraction of sp³-hybridized carbons (Fsp3) is 0.125. The lowest BCUT2D eigenvalue weighted by atomic mass is 10.0. The molecule has 2 aromatic heterocycles. The van der Waals surface area contributed by atoms with Crippen LogP contribution in [0, 0.1) is 0 Å². The van der Waals surface area contributed by atoms with E-state index in [2.05, 4.69) is 4.98 Å². The smallest absolute Gasteiger partial charge is 0.251 e. The fourth-order valence-corrected chi connectivity index (χ4v) is 2.34. The summed E-state index contributed by atoms with van der Waals surface area (Å²) in [5.74, 6) is 0. The van der Waals surface area contributed by atoms with Gasteiger partial charge in [0.1, 0.15) is 5.65 Å². The molecule has 0 bridgehead atoms. The van der Waals surface area contributed by atoms with Gasteiger partial charge in [0.25, 0.3) is 5.56 Å². The van der Waals surface area contributed by atoms with Crippen LogP contribution in [-0.4, -0.2) is 9.55 Å². The van der Waals surface area contributed by atoms with Crippen LogP contribution >= 0.6 is 0 Å². The molecule has 3 rings (SSSR count). The Balaban J connectivity index is 2.25. The molecule has 0 saturated heterocycles. The van der Waals surface area contributed by atoms with Gasteiger partial charge in [-0.3, -0.25) is 9.36 Å². The maximum Gasteiger partial charge on any atom is 0.251 e. The molecular formula is C16H15N3O. The Hall–Kier alpha value is -2.46. The van der Waals surface area contributed by atoms with E-state index in [1.807, 2.05) is 36.4 Å². The lowest BCUT2D eigenvalue weighted by Gasteiger charge is -2.09. The fourth-order valence-electron chi connectivity index (χ4n) is 2.34. The van der Waals surface area contributed by atoms with Crippen molar-refractivity contribution in [3.05, 3.63) is 64.6 Å². The van der Waals surface area contributed by atoms with Crippen molar-refractivity contribution in [2.24, 2.45) is 12.8 Å². The number of hydrogen-bond donors (Lipinski definition) is 1. The standard InChI is InChI=1S/C16H15N3O/c1-19-15(20)7-6-14-13(8-9-18-16(14)19)12-4-2-11(10-17)3-5-12/h2-9H,10,17H2,1H3. The molecular weight excluding hydrogens is 250 g/mol. The summed E-state index contributed by atoms with van der Waals surface area (Å²) in [4.78, 5) is 16.0. The molecule has 0 aliphatic rings. The Morgan fingerprint density at radius 3 is 2.55 bits per heavy atom. The Morgan fingerprint density at radius 1 is 1.10 bits per heavy atom. The molecule has 2 heterocycles. The number of pyridine rings is 2. The third-order valence-corrected chi connectivity index (χ3v) is 3.51. The van der Waals surface area contributed by atoms with E-state index in [0.29, 0.717) is 12.2 Å². The molecule has 2 N–H and O–H groups in total. The number of nitrogens with two attached hydrogens (primary N) is 1. The third kappa shape index (κ3) is 2.00. The normalized spacial score (nSPS) is 10.9. The van der Waals surface area contributed by atoms with Crippen LogP contribution in [0.1, 0.15) is 5.56 Å². The van der Waals surface area contributed by atoms with Crippen LogP contribution in [0.3, 0.4) is 0 Å². The quantitative estimate of drug-likeness (QED) is 0.771. The van der Waals surface area contributed by atoms with Crippen LogP contribution in [-0.2, 0) is 13.6 Å². The van der Waals surface area contributed by atoms with Crippen molar-refractivity contribution in [3.63, 3.8) is 0 Å². The Labute approximate surface area is 116 Å².